The first-order valence-electron chi connectivity index (χ1n) is 10.9. The molecule has 0 spiro atoms. The van der Waals surface area contributed by atoms with Crippen LogP contribution in [0, 0.1) is 30.9 Å². The van der Waals surface area contributed by atoms with Crippen LogP contribution in [0.4, 0.5) is 11.4 Å². The van der Waals surface area contributed by atoms with Gasteiger partial charge in [0.2, 0.25) is 0 Å². The minimum absolute atomic E-state index is 0.0968. The molecule has 3 aromatic rings. The number of furan rings is 1. The average Bonchev–Trinajstić information content (AvgIpc) is 3.17. The summed E-state index contributed by atoms with van der Waals surface area (Å²) in [4.78, 5) is 35.7. The Kier molecular flexibility index (Phi) is 6.27. The van der Waals surface area contributed by atoms with Gasteiger partial charge in [-0.25, -0.2) is 5.43 Å². The molecule has 0 aliphatic heterocycles. The number of non-ortho nitro benzene ring substituents is 1. The molecule has 0 saturated carbocycles. The second kappa shape index (κ2) is 9.30. The Labute approximate surface area is 196 Å². The van der Waals surface area contributed by atoms with Crippen LogP contribution in [-0.2, 0) is 6.42 Å². The quantitative estimate of drug-likeness (QED) is 0.416. The van der Waals surface area contributed by atoms with E-state index >= 15 is 0 Å². The number of carbonyl (C=O) groups excluding carboxylic acids is 2. The predicted molar refractivity (Wildman–Crippen MR) is 127 cm³/mol. The number of anilines is 1. The maximum absolute atomic E-state index is 13.0. The van der Waals surface area contributed by atoms with Gasteiger partial charge in [0.05, 0.1) is 10.6 Å². The number of aryl methyl sites for hydroxylation is 3. The van der Waals surface area contributed by atoms with E-state index in [1.54, 1.807) is 6.92 Å². The number of fused-ring (bicyclic) bond motifs is 1. The van der Waals surface area contributed by atoms with Crippen molar-refractivity contribution in [2.45, 2.75) is 40.0 Å². The van der Waals surface area contributed by atoms with E-state index in [-0.39, 0.29) is 22.9 Å². The second-order valence-corrected chi connectivity index (χ2v) is 8.28. The average molecular weight is 460 g/mol. The molecule has 9 heteroatoms. The van der Waals surface area contributed by atoms with E-state index in [9.17, 15) is 19.7 Å². The third kappa shape index (κ3) is 4.59. The number of hydrogen-bond donors (Lipinski definition) is 2. The molecule has 4 rings (SSSR count). The Morgan fingerprint density at radius 1 is 1.03 bits per heavy atom. The van der Waals surface area contributed by atoms with E-state index in [1.165, 1.54) is 24.3 Å². The van der Waals surface area contributed by atoms with Crippen LogP contribution in [0.15, 0.2) is 52.0 Å². The molecule has 2 aromatic carbocycles. The van der Waals surface area contributed by atoms with E-state index in [0.29, 0.717) is 29.9 Å². The molecule has 1 aromatic heterocycles. The predicted octanol–water partition coefficient (Wildman–Crippen LogP) is 4.84. The summed E-state index contributed by atoms with van der Waals surface area (Å²) < 4.78 is 5.93. The standard InChI is InChI=1S/C25H24N4O5/c1-14-7-8-15(2)20(13-14)26-25(31)23-16(3)22-19(5-4-6-21(22)34-23)27-28-24(30)17-9-11-18(12-10-17)29(32)33/h7-13H,4-6H2,1-3H3,(H,26,31)(H,28,30)/b27-19+. The smallest absolute Gasteiger partial charge is 0.291 e. The fourth-order valence-electron chi connectivity index (χ4n) is 3.96. The number of carbonyl (C=O) groups is 2. The topological polar surface area (TPSA) is 127 Å². The molecule has 0 fully saturated rings. The van der Waals surface area contributed by atoms with Gasteiger partial charge in [0, 0.05) is 40.9 Å². The van der Waals surface area contributed by atoms with Crippen molar-refractivity contribution in [2.75, 3.05) is 5.32 Å². The van der Waals surface area contributed by atoms with Crippen molar-refractivity contribution < 1.29 is 18.9 Å². The summed E-state index contributed by atoms with van der Waals surface area (Å²) in [5.41, 5.74) is 7.41. The Balaban J connectivity index is 1.55. The van der Waals surface area contributed by atoms with Crippen molar-refractivity contribution in [3.8, 4) is 0 Å². The van der Waals surface area contributed by atoms with Crippen LogP contribution in [0.3, 0.4) is 0 Å². The first-order chi connectivity index (χ1) is 16.2. The Morgan fingerprint density at radius 2 is 1.76 bits per heavy atom. The molecule has 0 atom stereocenters. The van der Waals surface area contributed by atoms with Gasteiger partial charge < -0.3 is 9.73 Å². The number of rotatable bonds is 5. The number of nitrogens with zero attached hydrogens (tertiary/aromatic N) is 2. The molecule has 0 bridgehead atoms. The lowest BCUT2D eigenvalue weighted by Gasteiger charge is -2.13. The van der Waals surface area contributed by atoms with Gasteiger partial charge >= 0.3 is 0 Å². The van der Waals surface area contributed by atoms with Gasteiger partial charge in [-0.2, -0.15) is 5.10 Å². The lowest BCUT2D eigenvalue weighted by molar-refractivity contribution is -0.384. The van der Waals surface area contributed by atoms with Crippen molar-refractivity contribution in [1.29, 1.82) is 0 Å². The van der Waals surface area contributed by atoms with Gasteiger partial charge in [-0.15, -0.1) is 0 Å². The largest absolute Gasteiger partial charge is 0.455 e. The van der Waals surface area contributed by atoms with Crippen LogP contribution in [0.2, 0.25) is 0 Å². The zero-order chi connectivity index (χ0) is 24.4. The number of hydrazone groups is 1. The fraction of sp³-hybridized carbons (Fsp3) is 0.240. The molecule has 0 radical (unpaired) electrons. The van der Waals surface area contributed by atoms with Crippen molar-refractivity contribution in [1.82, 2.24) is 5.43 Å². The van der Waals surface area contributed by atoms with Gasteiger partial charge in [0.1, 0.15) is 5.76 Å². The minimum Gasteiger partial charge on any atom is -0.455 e. The molecule has 2 amide bonds. The van der Waals surface area contributed by atoms with Crippen LogP contribution in [-0.4, -0.2) is 22.4 Å². The van der Waals surface area contributed by atoms with Gasteiger partial charge in [0.15, 0.2) is 5.76 Å². The summed E-state index contributed by atoms with van der Waals surface area (Å²) in [7, 11) is 0. The fourth-order valence-corrected chi connectivity index (χ4v) is 3.96. The number of benzene rings is 2. The Bertz CT molecular complexity index is 1320. The van der Waals surface area contributed by atoms with Gasteiger partial charge in [0.25, 0.3) is 17.5 Å². The maximum atomic E-state index is 13.0. The molecular formula is C25H24N4O5. The minimum atomic E-state index is -0.527. The number of amides is 2. The molecule has 1 aliphatic carbocycles. The SMILES string of the molecule is Cc1ccc(C)c(NC(=O)c2oc3c(c2C)/C(=N/NC(=O)c2ccc([N+](=O)[O-])cc2)CCC3)c1. The van der Waals surface area contributed by atoms with E-state index < -0.39 is 10.8 Å². The van der Waals surface area contributed by atoms with Crippen LogP contribution in [0.1, 0.15) is 61.8 Å². The molecule has 9 nitrogen and oxygen atoms in total. The normalized spacial score (nSPS) is 13.9. The highest BCUT2D eigenvalue weighted by Gasteiger charge is 2.28. The van der Waals surface area contributed by atoms with Crippen molar-refractivity contribution >= 4 is 28.9 Å². The van der Waals surface area contributed by atoms with E-state index in [0.717, 1.165) is 28.8 Å². The van der Waals surface area contributed by atoms with Gasteiger partial charge in [-0.3, -0.25) is 19.7 Å². The highest BCUT2D eigenvalue weighted by Crippen LogP contribution is 2.30. The first kappa shape index (κ1) is 22.9. The first-order valence-corrected chi connectivity index (χ1v) is 10.9. The molecule has 34 heavy (non-hydrogen) atoms. The highest BCUT2D eigenvalue weighted by atomic mass is 16.6. The third-order valence-corrected chi connectivity index (χ3v) is 5.81. The van der Waals surface area contributed by atoms with Crippen molar-refractivity contribution in [3.05, 3.63) is 91.9 Å². The Hall–Kier alpha value is -4.27. The van der Waals surface area contributed by atoms with Crippen molar-refractivity contribution in [2.24, 2.45) is 5.10 Å². The van der Waals surface area contributed by atoms with E-state index in [4.69, 9.17) is 4.42 Å². The maximum Gasteiger partial charge on any atom is 0.291 e. The molecule has 1 aliphatic rings. The number of nitro benzene ring substituents is 1. The highest BCUT2D eigenvalue weighted by molar-refractivity contribution is 6.09. The summed E-state index contributed by atoms with van der Waals surface area (Å²) in [6, 6.07) is 11.1. The number of hydrogen-bond acceptors (Lipinski definition) is 6. The summed E-state index contributed by atoms with van der Waals surface area (Å²) in [5, 5.41) is 18.0. The summed E-state index contributed by atoms with van der Waals surface area (Å²) in [6.07, 6.45) is 2.05. The molecule has 0 saturated heterocycles. The van der Waals surface area contributed by atoms with E-state index in [1.807, 2.05) is 32.0 Å². The van der Waals surface area contributed by atoms with Crippen LogP contribution in [0.5, 0.6) is 0 Å². The third-order valence-electron chi connectivity index (χ3n) is 5.81. The summed E-state index contributed by atoms with van der Waals surface area (Å²) in [6.45, 7) is 5.69. The summed E-state index contributed by atoms with van der Waals surface area (Å²) >= 11 is 0. The Morgan fingerprint density at radius 3 is 2.47 bits per heavy atom. The number of nitro groups is 1. The van der Waals surface area contributed by atoms with Crippen LogP contribution < -0.4 is 10.7 Å². The molecule has 174 valence electrons. The van der Waals surface area contributed by atoms with Gasteiger partial charge in [-0.05, 0) is 62.9 Å². The molecule has 1 heterocycles. The number of nitrogens with one attached hydrogen (secondary N) is 2. The van der Waals surface area contributed by atoms with Crippen LogP contribution >= 0.6 is 0 Å². The zero-order valence-electron chi connectivity index (χ0n) is 19.1. The zero-order valence-corrected chi connectivity index (χ0v) is 19.1. The van der Waals surface area contributed by atoms with E-state index in [2.05, 4.69) is 15.8 Å². The van der Waals surface area contributed by atoms with Crippen LogP contribution in [0.25, 0.3) is 0 Å². The van der Waals surface area contributed by atoms with Gasteiger partial charge in [-0.1, -0.05) is 12.1 Å². The summed E-state index contributed by atoms with van der Waals surface area (Å²) in [5.74, 6) is 0.0684. The molecule has 0 unspecified atom stereocenters. The second-order valence-electron chi connectivity index (χ2n) is 8.28. The molecule has 2 N–H and O–H groups in total. The lowest BCUT2D eigenvalue weighted by Crippen LogP contribution is -2.22. The lowest BCUT2D eigenvalue weighted by atomic mass is 9.93. The molecular weight excluding hydrogens is 436 g/mol. The monoisotopic (exact) mass is 460 g/mol. The van der Waals surface area contributed by atoms with Crippen molar-refractivity contribution in [3.63, 3.8) is 0 Å².